The van der Waals surface area contributed by atoms with Gasteiger partial charge in [-0.05, 0) is 39.3 Å². The molecule has 0 unspecified atom stereocenters. The topological polar surface area (TPSA) is 54.3 Å². The molecule has 1 aliphatic heterocycles. The summed E-state index contributed by atoms with van der Waals surface area (Å²) >= 11 is 0. The van der Waals surface area contributed by atoms with Gasteiger partial charge >= 0.3 is 0 Å². The molecule has 2 aromatic heterocycles. The largest absolute Gasteiger partial charge is 0.336 e. The maximum absolute atomic E-state index is 12.7. The summed E-state index contributed by atoms with van der Waals surface area (Å²) in [7, 11) is 0. The fraction of sp³-hybridized carbons (Fsp3) is 0.526. The Morgan fingerprint density at radius 3 is 2.44 bits per heavy atom. The van der Waals surface area contributed by atoms with E-state index >= 15 is 0 Å². The van der Waals surface area contributed by atoms with Gasteiger partial charge in [-0.15, -0.1) is 0 Å². The van der Waals surface area contributed by atoms with E-state index in [-0.39, 0.29) is 11.4 Å². The van der Waals surface area contributed by atoms with E-state index in [0.717, 1.165) is 26.2 Å². The van der Waals surface area contributed by atoms with Crippen LogP contribution in [0.5, 0.6) is 0 Å². The number of carbonyl (C=O) groups is 1. The number of aromatic nitrogens is 3. The van der Waals surface area contributed by atoms with E-state index in [9.17, 15) is 4.79 Å². The van der Waals surface area contributed by atoms with Gasteiger partial charge in [-0.2, -0.15) is 5.10 Å². The SMILES string of the molecule is C[C@H](c1cccnc1)N1CCN(C(=O)c2cnn(C(C)(C)C)c2)CC1. The van der Waals surface area contributed by atoms with Gasteiger partial charge in [0.2, 0.25) is 0 Å². The van der Waals surface area contributed by atoms with Gasteiger partial charge < -0.3 is 4.90 Å². The lowest BCUT2D eigenvalue weighted by molar-refractivity contribution is 0.0581. The lowest BCUT2D eigenvalue weighted by atomic mass is 10.1. The second-order valence-corrected chi connectivity index (χ2v) is 7.63. The zero-order valence-corrected chi connectivity index (χ0v) is 15.5. The molecule has 134 valence electrons. The van der Waals surface area contributed by atoms with Crippen LogP contribution in [0, 0.1) is 0 Å². The van der Waals surface area contributed by atoms with E-state index in [4.69, 9.17) is 0 Å². The molecule has 0 spiro atoms. The second-order valence-electron chi connectivity index (χ2n) is 7.63. The van der Waals surface area contributed by atoms with Crippen molar-refractivity contribution in [2.75, 3.05) is 26.2 Å². The van der Waals surface area contributed by atoms with Gasteiger partial charge in [0, 0.05) is 50.8 Å². The van der Waals surface area contributed by atoms with Crippen LogP contribution in [0.1, 0.15) is 49.7 Å². The average Bonchev–Trinajstić information content (AvgIpc) is 3.12. The lowest BCUT2D eigenvalue weighted by Gasteiger charge is -2.38. The first-order valence-corrected chi connectivity index (χ1v) is 8.84. The van der Waals surface area contributed by atoms with Crippen molar-refractivity contribution in [2.45, 2.75) is 39.3 Å². The molecule has 0 radical (unpaired) electrons. The minimum Gasteiger partial charge on any atom is -0.336 e. The maximum Gasteiger partial charge on any atom is 0.257 e. The van der Waals surface area contributed by atoms with Gasteiger partial charge in [0.25, 0.3) is 5.91 Å². The van der Waals surface area contributed by atoms with Gasteiger partial charge in [-0.3, -0.25) is 19.4 Å². The molecule has 0 aliphatic carbocycles. The molecular weight excluding hydrogens is 314 g/mol. The highest BCUT2D eigenvalue weighted by Crippen LogP contribution is 2.21. The van der Waals surface area contributed by atoms with Crippen molar-refractivity contribution >= 4 is 5.91 Å². The molecule has 0 aromatic carbocycles. The highest BCUT2D eigenvalue weighted by Gasteiger charge is 2.26. The van der Waals surface area contributed by atoms with E-state index in [1.165, 1.54) is 5.56 Å². The number of hydrogen-bond donors (Lipinski definition) is 0. The van der Waals surface area contributed by atoms with Gasteiger partial charge in [-0.1, -0.05) is 6.07 Å². The summed E-state index contributed by atoms with van der Waals surface area (Å²) in [6.45, 7) is 11.6. The zero-order valence-electron chi connectivity index (χ0n) is 15.5. The quantitative estimate of drug-likeness (QED) is 0.861. The minimum atomic E-state index is -0.115. The number of carbonyl (C=O) groups excluding carboxylic acids is 1. The number of rotatable bonds is 3. The highest BCUT2D eigenvalue weighted by molar-refractivity contribution is 5.93. The van der Waals surface area contributed by atoms with E-state index in [1.54, 1.807) is 12.4 Å². The molecule has 2 aromatic rings. The van der Waals surface area contributed by atoms with Crippen LogP contribution in [0.4, 0.5) is 0 Å². The van der Waals surface area contributed by atoms with E-state index < -0.39 is 0 Å². The van der Waals surface area contributed by atoms with Crippen molar-refractivity contribution in [1.82, 2.24) is 24.6 Å². The first-order valence-electron chi connectivity index (χ1n) is 8.84. The lowest BCUT2D eigenvalue weighted by Crippen LogP contribution is -2.49. The maximum atomic E-state index is 12.7. The predicted molar refractivity (Wildman–Crippen MR) is 97.4 cm³/mol. The first kappa shape index (κ1) is 17.6. The van der Waals surface area contributed by atoms with Crippen LogP contribution in [-0.4, -0.2) is 56.7 Å². The Kier molecular flexibility index (Phi) is 4.90. The van der Waals surface area contributed by atoms with Crippen LogP contribution >= 0.6 is 0 Å². The normalized spacial score (nSPS) is 17.5. The Labute approximate surface area is 149 Å². The molecule has 1 atom stereocenters. The van der Waals surface area contributed by atoms with Crippen molar-refractivity contribution in [3.63, 3.8) is 0 Å². The summed E-state index contributed by atoms with van der Waals surface area (Å²) in [6.07, 6.45) is 7.25. The molecule has 1 aliphatic rings. The number of nitrogens with zero attached hydrogens (tertiary/aromatic N) is 5. The van der Waals surface area contributed by atoms with E-state index in [2.05, 4.69) is 48.7 Å². The number of pyridine rings is 1. The zero-order chi connectivity index (χ0) is 18.0. The number of hydrogen-bond acceptors (Lipinski definition) is 4. The minimum absolute atomic E-state index is 0.0733. The molecule has 3 heterocycles. The summed E-state index contributed by atoms with van der Waals surface area (Å²) in [5.41, 5.74) is 1.77. The Morgan fingerprint density at radius 1 is 1.16 bits per heavy atom. The summed E-state index contributed by atoms with van der Waals surface area (Å²) in [5, 5.41) is 4.34. The molecule has 6 heteroatoms. The Morgan fingerprint density at radius 2 is 1.88 bits per heavy atom. The summed E-state index contributed by atoms with van der Waals surface area (Å²) < 4.78 is 1.85. The van der Waals surface area contributed by atoms with Crippen LogP contribution in [0.25, 0.3) is 0 Å². The molecule has 0 bridgehead atoms. The van der Waals surface area contributed by atoms with E-state index in [1.807, 2.05) is 28.0 Å². The monoisotopic (exact) mass is 341 g/mol. The van der Waals surface area contributed by atoms with Gasteiger partial charge in [0.05, 0.1) is 17.3 Å². The molecule has 25 heavy (non-hydrogen) atoms. The first-order chi connectivity index (χ1) is 11.9. The third-order valence-corrected chi connectivity index (χ3v) is 4.83. The molecule has 0 saturated carbocycles. The Hall–Kier alpha value is -2.21. The number of piperazine rings is 1. The van der Waals surface area contributed by atoms with Crippen molar-refractivity contribution in [3.8, 4) is 0 Å². The van der Waals surface area contributed by atoms with Gasteiger partial charge in [0.15, 0.2) is 0 Å². The van der Waals surface area contributed by atoms with Crippen LogP contribution in [0.2, 0.25) is 0 Å². The Bertz CT molecular complexity index is 711. The second kappa shape index (κ2) is 6.96. The van der Waals surface area contributed by atoms with Crippen LogP contribution in [0.15, 0.2) is 36.9 Å². The van der Waals surface area contributed by atoms with Crippen molar-refractivity contribution in [1.29, 1.82) is 0 Å². The van der Waals surface area contributed by atoms with Crippen LogP contribution < -0.4 is 0 Å². The molecule has 0 N–H and O–H groups in total. The Balaban J connectivity index is 1.60. The smallest absolute Gasteiger partial charge is 0.257 e. The van der Waals surface area contributed by atoms with Crippen molar-refractivity contribution in [2.24, 2.45) is 0 Å². The highest BCUT2D eigenvalue weighted by atomic mass is 16.2. The average molecular weight is 341 g/mol. The molecule has 1 saturated heterocycles. The predicted octanol–water partition coefficient (Wildman–Crippen LogP) is 2.55. The molecule has 3 rings (SSSR count). The molecule has 1 amide bonds. The van der Waals surface area contributed by atoms with Crippen molar-refractivity contribution < 1.29 is 4.79 Å². The fourth-order valence-electron chi connectivity index (χ4n) is 3.13. The molecular formula is C19H27N5O. The standard InChI is InChI=1S/C19H27N5O/c1-15(16-6-5-7-20-12-16)22-8-10-23(11-9-22)18(25)17-13-21-24(14-17)19(2,3)4/h5-7,12-15H,8-11H2,1-4H3/t15-/m1/s1. The fourth-order valence-corrected chi connectivity index (χ4v) is 3.13. The molecule has 6 nitrogen and oxygen atoms in total. The van der Waals surface area contributed by atoms with Crippen LogP contribution in [-0.2, 0) is 5.54 Å². The third-order valence-electron chi connectivity index (χ3n) is 4.83. The van der Waals surface area contributed by atoms with Crippen molar-refractivity contribution in [3.05, 3.63) is 48.0 Å². The van der Waals surface area contributed by atoms with Gasteiger partial charge in [0.1, 0.15) is 0 Å². The number of amides is 1. The van der Waals surface area contributed by atoms with Gasteiger partial charge in [-0.25, -0.2) is 0 Å². The van der Waals surface area contributed by atoms with Crippen LogP contribution in [0.3, 0.4) is 0 Å². The third kappa shape index (κ3) is 3.90. The summed E-state index contributed by atoms with van der Waals surface area (Å²) in [6, 6.07) is 4.39. The summed E-state index contributed by atoms with van der Waals surface area (Å²) in [5.74, 6) is 0.0733. The van der Waals surface area contributed by atoms with E-state index in [0.29, 0.717) is 11.6 Å². The molecule has 1 fully saturated rings. The summed E-state index contributed by atoms with van der Waals surface area (Å²) in [4.78, 5) is 21.3.